The van der Waals surface area contributed by atoms with E-state index >= 15 is 0 Å². The summed E-state index contributed by atoms with van der Waals surface area (Å²) in [7, 11) is 1.61. The van der Waals surface area contributed by atoms with E-state index < -0.39 is 0 Å². The molecule has 1 aliphatic carbocycles. The molecule has 2 rings (SSSR count). The first kappa shape index (κ1) is 10.8. The van der Waals surface area contributed by atoms with Gasteiger partial charge in [0, 0.05) is 11.0 Å². The standard InChI is InChI=1S/C12H15ClO2/c1-8(14)12(6-7-12)9-4-3-5-10(13)11(9)15-2/h3-5,8,14H,6-7H2,1-2H3. The molecule has 0 heterocycles. The molecule has 3 heteroatoms. The molecular weight excluding hydrogens is 212 g/mol. The van der Waals surface area contributed by atoms with Gasteiger partial charge in [-0.1, -0.05) is 23.7 Å². The van der Waals surface area contributed by atoms with Gasteiger partial charge >= 0.3 is 0 Å². The lowest BCUT2D eigenvalue weighted by molar-refractivity contribution is 0.149. The molecule has 0 saturated heterocycles. The molecule has 1 aliphatic rings. The van der Waals surface area contributed by atoms with Crippen molar-refractivity contribution in [1.82, 2.24) is 0 Å². The van der Waals surface area contributed by atoms with E-state index in [-0.39, 0.29) is 11.5 Å². The highest BCUT2D eigenvalue weighted by molar-refractivity contribution is 6.32. The maximum atomic E-state index is 9.81. The highest BCUT2D eigenvalue weighted by atomic mass is 35.5. The maximum Gasteiger partial charge on any atom is 0.141 e. The minimum atomic E-state index is -0.357. The number of aliphatic hydroxyl groups excluding tert-OH is 1. The Morgan fingerprint density at radius 1 is 1.47 bits per heavy atom. The van der Waals surface area contributed by atoms with Crippen molar-refractivity contribution < 1.29 is 9.84 Å². The molecular formula is C12H15ClO2. The highest BCUT2D eigenvalue weighted by Gasteiger charge is 2.50. The van der Waals surface area contributed by atoms with E-state index in [9.17, 15) is 5.11 Å². The van der Waals surface area contributed by atoms with Crippen LogP contribution in [0.25, 0.3) is 0 Å². The summed E-state index contributed by atoms with van der Waals surface area (Å²) in [4.78, 5) is 0. The summed E-state index contributed by atoms with van der Waals surface area (Å²) in [5.74, 6) is 0.706. The van der Waals surface area contributed by atoms with Crippen molar-refractivity contribution in [3.8, 4) is 5.75 Å². The van der Waals surface area contributed by atoms with Crippen LogP contribution in [0.3, 0.4) is 0 Å². The normalized spacial score (nSPS) is 19.7. The van der Waals surface area contributed by atoms with Gasteiger partial charge in [-0.25, -0.2) is 0 Å². The Kier molecular flexibility index (Phi) is 2.65. The van der Waals surface area contributed by atoms with Crippen molar-refractivity contribution in [2.75, 3.05) is 7.11 Å². The third kappa shape index (κ3) is 1.62. The van der Waals surface area contributed by atoms with E-state index in [2.05, 4.69) is 0 Å². The first-order chi connectivity index (χ1) is 7.12. The molecule has 0 aromatic heterocycles. The predicted molar refractivity (Wildman–Crippen MR) is 60.6 cm³/mol. The maximum absolute atomic E-state index is 9.81. The van der Waals surface area contributed by atoms with Crippen molar-refractivity contribution in [2.45, 2.75) is 31.3 Å². The Hall–Kier alpha value is -0.730. The molecule has 0 amide bonds. The van der Waals surface area contributed by atoms with Gasteiger partial charge in [0.15, 0.2) is 0 Å². The zero-order valence-electron chi connectivity index (χ0n) is 8.96. The molecule has 0 aliphatic heterocycles. The Balaban J connectivity index is 2.49. The first-order valence-electron chi connectivity index (χ1n) is 5.13. The fourth-order valence-corrected chi connectivity index (χ4v) is 2.41. The van der Waals surface area contributed by atoms with Gasteiger partial charge in [-0.05, 0) is 25.8 Å². The lowest BCUT2D eigenvalue weighted by Crippen LogP contribution is -2.23. The van der Waals surface area contributed by atoms with Crippen molar-refractivity contribution in [3.05, 3.63) is 28.8 Å². The van der Waals surface area contributed by atoms with Crippen molar-refractivity contribution in [1.29, 1.82) is 0 Å². The van der Waals surface area contributed by atoms with Crippen LogP contribution in [0, 0.1) is 0 Å². The van der Waals surface area contributed by atoms with Crippen LogP contribution in [0.1, 0.15) is 25.3 Å². The van der Waals surface area contributed by atoms with Crippen molar-refractivity contribution in [3.63, 3.8) is 0 Å². The number of ether oxygens (including phenoxy) is 1. The molecule has 1 fully saturated rings. The average molecular weight is 227 g/mol. The fourth-order valence-electron chi connectivity index (χ4n) is 2.16. The summed E-state index contributed by atoms with van der Waals surface area (Å²) >= 11 is 6.06. The summed E-state index contributed by atoms with van der Waals surface area (Å²) in [6.07, 6.45) is 1.65. The number of para-hydroxylation sites is 1. The first-order valence-corrected chi connectivity index (χ1v) is 5.50. The third-order valence-corrected chi connectivity index (χ3v) is 3.59. The second-order valence-corrected chi connectivity index (χ2v) is 4.56. The molecule has 1 atom stereocenters. The lowest BCUT2D eigenvalue weighted by atomic mass is 9.90. The second-order valence-electron chi connectivity index (χ2n) is 4.15. The number of hydrogen-bond donors (Lipinski definition) is 1. The monoisotopic (exact) mass is 226 g/mol. The molecule has 82 valence electrons. The molecule has 15 heavy (non-hydrogen) atoms. The molecule has 1 aromatic rings. The number of hydrogen-bond acceptors (Lipinski definition) is 2. The van der Waals surface area contributed by atoms with Gasteiger partial charge in [0.25, 0.3) is 0 Å². The second kappa shape index (κ2) is 3.69. The number of benzene rings is 1. The summed E-state index contributed by atoms with van der Waals surface area (Å²) in [6, 6.07) is 5.70. The summed E-state index contributed by atoms with van der Waals surface area (Å²) in [6.45, 7) is 1.83. The molecule has 0 spiro atoms. The Morgan fingerprint density at radius 3 is 2.60 bits per heavy atom. The number of rotatable bonds is 3. The van der Waals surface area contributed by atoms with Crippen LogP contribution in [0.4, 0.5) is 0 Å². The van der Waals surface area contributed by atoms with Crippen LogP contribution in [0.5, 0.6) is 5.75 Å². The average Bonchev–Trinajstić information content (AvgIpc) is 2.98. The van der Waals surface area contributed by atoms with Gasteiger partial charge in [-0.3, -0.25) is 0 Å². The van der Waals surface area contributed by atoms with Crippen molar-refractivity contribution >= 4 is 11.6 Å². The number of halogens is 1. The van der Waals surface area contributed by atoms with Gasteiger partial charge in [0.2, 0.25) is 0 Å². The van der Waals surface area contributed by atoms with Gasteiger partial charge in [-0.2, -0.15) is 0 Å². The summed E-state index contributed by atoms with van der Waals surface area (Å²) < 4.78 is 5.31. The Labute approximate surface area is 94.8 Å². The van der Waals surface area contributed by atoms with Gasteiger partial charge < -0.3 is 9.84 Å². The molecule has 2 nitrogen and oxygen atoms in total. The quantitative estimate of drug-likeness (QED) is 0.859. The largest absolute Gasteiger partial charge is 0.495 e. The van der Waals surface area contributed by atoms with Crippen molar-refractivity contribution in [2.24, 2.45) is 0 Å². The van der Waals surface area contributed by atoms with E-state index in [1.807, 2.05) is 25.1 Å². The Morgan fingerprint density at radius 2 is 2.13 bits per heavy atom. The summed E-state index contributed by atoms with van der Waals surface area (Å²) in [5, 5.41) is 10.4. The Bertz CT molecular complexity index is 370. The zero-order valence-corrected chi connectivity index (χ0v) is 9.71. The molecule has 1 aromatic carbocycles. The van der Waals surface area contributed by atoms with E-state index in [0.717, 1.165) is 18.4 Å². The molecule has 1 unspecified atom stereocenters. The van der Waals surface area contributed by atoms with Gasteiger partial charge in [-0.15, -0.1) is 0 Å². The molecule has 1 saturated carbocycles. The lowest BCUT2D eigenvalue weighted by Gasteiger charge is -2.22. The third-order valence-electron chi connectivity index (χ3n) is 3.30. The number of aliphatic hydroxyl groups is 1. The molecule has 0 bridgehead atoms. The minimum absolute atomic E-state index is 0.129. The van der Waals surface area contributed by atoms with Crippen LogP contribution < -0.4 is 4.74 Å². The van der Waals surface area contributed by atoms with Crippen LogP contribution in [0.2, 0.25) is 5.02 Å². The fraction of sp³-hybridized carbons (Fsp3) is 0.500. The topological polar surface area (TPSA) is 29.5 Å². The van der Waals surface area contributed by atoms with E-state index in [1.165, 1.54) is 0 Å². The predicted octanol–water partition coefficient (Wildman–Crippen LogP) is 2.76. The van der Waals surface area contributed by atoms with Crippen LogP contribution in [-0.4, -0.2) is 18.3 Å². The SMILES string of the molecule is COc1c(Cl)cccc1C1(C(C)O)CC1. The van der Waals surface area contributed by atoms with E-state index in [0.29, 0.717) is 10.8 Å². The molecule has 1 N–H and O–H groups in total. The minimum Gasteiger partial charge on any atom is -0.495 e. The molecule has 0 radical (unpaired) electrons. The highest BCUT2D eigenvalue weighted by Crippen LogP contribution is 2.54. The van der Waals surface area contributed by atoms with Crippen LogP contribution in [-0.2, 0) is 5.41 Å². The van der Waals surface area contributed by atoms with E-state index in [1.54, 1.807) is 7.11 Å². The number of methoxy groups -OCH3 is 1. The van der Waals surface area contributed by atoms with Gasteiger partial charge in [0.05, 0.1) is 18.2 Å². The summed E-state index contributed by atoms with van der Waals surface area (Å²) in [5.41, 5.74) is 0.906. The van der Waals surface area contributed by atoms with Crippen LogP contribution >= 0.6 is 11.6 Å². The van der Waals surface area contributed by atoms with Gasteiger partial charge in [0.1, 0.15) is 5.75 Å². The zero-order chi connectivity index (χ0) is 11.1. The van der Waals surface area contributed by atoms with Crippen LogP contribution in [0.15, 0.2) is 18.2 Å². The van der Waals surface area contributed by atoms with E-state index in [4.69, 9.17) is 16.3 Å². The smallest absolute Gasteiger partial charge is 0.141 e.